The quantitative estimate of drug-likeness (QED) is 0.792. The van der Waals surface area contributed by atoms with Gasteiger partial charge in [-0.05, 0) is 27.4 Å². The molecular weight excluding hydrogens is 334 g/mol. The van der Waals surface area contributed by atoms with Gasteiger partial charge in [-0.15, -0.1) is 0 Å². The molecule has 2 heterocycles. The van der Waals surface area contributed by atoms with E-state index in [1.54, 1.807) is 13.3 Å². The van der Waals surface area contributed by atoms with Crippen LogP contribution in [0.1, 0.15) is 5.69 Å². The number of pyridine rings is 1. The Morgan fingerprint density at radius 2 is 2.10 bits per heavy atom. The molecule has 3 aromatic rings. The Balaban J connectivity index is 2.26. The standard InChI is InChI=1S/C15H12BrN3O2/c1-21-8-11-12(16)15(20)19-14(18-11)13-10-5-3-2-4-9(10)6-7-17-13/h2-7H,8H2,1H3,(H,18,19,20). The van der Waals surface area contributed by atoms with Crippen LogP contribution in [0.3, 0.4) is 0 Å². The molecule has 0 saturated heterocycles. The van der Waals surface area contributed by atoms with Crippen LogP contribution in [-0.2, 0) is 11.3 Å². The average Bonchev–Trinajstić information content (AvgIpc) is 2.51. The highest BCUT2D eigenvalue weighted by atomic mass is 79.9. The van der Waals surface area contributed by atoms with Crippen molar-refractivity contribution >= 4 is 26.7 Å². The van der Waals surface area contributed by atoms with E-state index < -0.39 is 0 Å². The first-order valence-corrected chi connectivity index (χ1v) is 7.11. The second-order valence-electron chi connectivity index (χ2n) is 4.49. The summed E-state index contributed by atoms with van der Waals surface area (Å²) in [5.74, 6) is 0.437. The predicted molar refractivity (Wildman–Crippen MR) is 84.0 cm³/mol. The lowest BCUT2D eigenvalue weighted by Gasteiger charge is -2.08. The third kappa shape index (κ3) is 2.59. The maximum atomic E-state index is 12.0. The van der Waals surface area contributed by atoms with Crippen molar-refractivity contribution in [3.63, 3.8) is 0 Å². The minimum atomic E-state index is -0.248. The van der Waals surface area contributed by atoms with Crippen molar-refractivity contribution in [2.75, 3.05) is 7.11 Å². The summed E-state index contributed by atoms with van der Waals surface area (Å²) in [6.45, 7) is 0.252. The fourth-order valence-electron chi connectivity index (χ4n) is 2.16. The molecule has 0 atom stereocenters. The molecule has 21 heavy (non-hydrogen) atoms. The Kier molecular flexibility index (Phi) is 3.81. The van der Waals surface area contributed by atoms with Crippen LogP contribution >= 0.6 is 15.9 Å². The Morgan fingerprint density at radius 3 is 2.90 bits per heavy atom. The highest BCUT2D eigenvalue weighted by Gasteiger charge is 2.13. The molecular formula is C15H12BrN3O2. The van der Waals surface area contributed by atoms with Crippen LogP contribution in [0, 0.1) is 0 Å². The summed E-state index contributed by atoms with van der Waals surface area (Å²) in [7, 11) is 1.56. The molecule has 0 spiro atoms. The van der Waals surface area contributed by atoms with Crippen molar-refractivity contribution in [1.82, 2.24) is 15.0 Å². The van der Waals surface area contributed by atoms with E-state index >= 15 is 0 Å². The predicted octanol–water partition coefficient (Wildman–Crippen LogP) is 2.89. The fourth-order valence-corrected chi connectivity index (χ4v) is 2.46. The summed E-state index contributed by atoms with van der Waals surface area (Å²) in [5.41, 5.74) is 0.947. The third-order valence-electron chi connectivity index (χ3n) is 3.11. The molecule has 0 aliphatic rings. The lowest BCUT2D eigenvalue weighted by molar-refractivity contribution is 0.180. The number of nitrogens with zero attached hydrogens (tertiary/aromatic N) is 2. The summed E-state index contributed by atoms with van der Waals surface area (Å²) < 4.78 is 5.46. The van der Waals surface area contributed by atoms with Gasteiger partial charge in [0.25, 0.3) is 5.56 Å². The van der Waals surface area contributed by atoms with Crippen molar-refractivity contribution < 1.29 is 4.74 Å². The van der Waals surface area contributed by atoms with Crippen molar-refractivity contribution in [3.05, 3.63) is 57.0 Å². The molecule has 0 unspecified atom stereocenters. The smallest absolute Gasteiger partial charge is 0.265 e. The Labute approximate surface area is 129 Å². The zero-order chi connectivity index (χ0) is 14.8. The van der Waals surface area contributed by atoms with Gasteiger partial charge >= 0.3 is 0 Å². The first-order valence-electron chi connectivity index (χ1n) is 6.32. The normalized spacial score (nSPS) is 11.0. The van der Waals surface area contributed by atoms with Gasteiger partial charge in [0.2, 0.25) is 0 Å². The molecule has 106 valence electrons. The van der Waals surface area contributed by atoms with E-state index in [0.29, 0.717) is 21.7 Å². The molecule has 1 aromatic carbocycles. The van der Waals surface area contributed by atoms with E-state index in [2.05, 4.69) is 30.9 Å². The number of benzene rings is 1. The van der Waals surface area contributed by atoms with Crippen LogP contribution in [0.15, 0.2) is 45.8 Å². The number of methoxy groups -OCH3 is 1. The molecule has 2 aromatic heterocycles. The molecule has 0 fully saturated rings. The van der Waals surface area contributed by atoms with E-state index in [-0.39, 0.29) is 12.2 Å². The summed E-state index contributed by atoms with van der Waals surface area (Å²) in [6, 6.07) is 9.76. The second-order valence-corrected chi connectivity index (χ2v) is 5.28. The zero-order valence-electron chi connectivity index (χ0n) is 11.3. The van der Waals surface area contributed by atoms with Gasteiger partial charge in [-0.1, -0.05) is 24.3 Å². The van der Waals surface area contributed by atoms with Crippen LogP contribution in [0.2, 0.25) is 0 Å². The van der Waals surface area contributed by atoms with Gasteiger partial charge in [0.05, 0.1) is 12.3 Å². The maximum Gasteiger partial charge on any atom is 0.265 e. The number of hydrogen-bond acceptors (Lipinski definition) is 4. The Bertz CT molecular complexity index is 856. The number of nitrogens with one attached hydrogen (secondary N) is 1. The van der Waals surface area contributed by atoms with Crippen molar-refractivity contribution in [2.24, 2.45) is 0 Å². The first kappa shape index (κ1) is 13.9. The Hall–Kier alpha value is -2.05. The molecule has 0 saturated carbocycles. The lowest BCUT2D eigenvalue weighted by atomic mass is 10.1. The van der Waals surface area contributed by atoms with Gasteiger partial charge in [-0.25, -0.2) is 4.98 Å². The second kappa shape index (κ2) is 5.75. The minimum Gasteiger partial charge on any atom is -0.378 e. The highest BCUT2D eigenvalue weighted by molar-refractivity contribution is 9.10. The maximum absolute atomic E-state index is 12.0. The molecule has 1 N–H and O–H groups in total. The number of H-pyrrole nitrogens is 1. The van der Waals surface area contributed by atoms with Crippen LogP contribution in [-0.4, -0.2) is 22.1 Å². The SMILES string of the molecule is COCc1nc(-c2nccc3ccccc23)[nH]c(=O)c1Br. The number of rotatable bonds is 3. The number of fused-ring (bicyclic) bond motifs is 1. The summed E-state index contributed by atoms with van der Waals surface area (Å²) in [5, 5.41) is 1.98. The number of aromatic nitrogens is 3. The van der Waals surface area contributed by atoms with Crippen LogP contribution < -0.4 is 5.56 Å². The van der Waals surface area contributed by atoms with Crippen LogP contribution in [0.25, 0.3) is 22.3 Å². The van der Waals surface area contributed by atoms with Gasteiger partial charge in [-0.3, -0.25) is 9.78 Å². The molecule has 0 aliphatic heterocycles. The topological polar surface area (TPSA) is 67.9 Å². The Morgan fingerprint density at radius 1 is 1.29 bits per heavy atom. The van der Waals surface area contributed by atoms with E-state index in [1.807, 2.05) is 30.3 Å². The minimum absolute atomic E-state index is 0.248. The molecule has 6 heteroatoms. The van der Waals surface area contributed by atoms with Crippen molar-refractivity contribution in [3.8, 4) is 11.5 Å². The van der Waals surface area contributed by atoms with E-state index in [1.165, 1.54) is 0 Å². The van der Waals surface area contributed by atoms with Gasteiger partial charge in [0.1, 0.15) is 10.2 Å². The van der Waals surface area contributed by atoms with Gasteiger partial charge in [-0.2, -0.15) is 0 Å². The number of aromatic amines is 1. The average molecular weight is 346 g/mol. The van der Waals surface area contributed by atoms with Crippen molar-refractivity contribution in [1.29, 1.82) is 0 Å². The molecule has 0 radical (unpaired) electrons. The summed E-state index contributed by atoms with van der Waals surface area (Å²) >= 11 is 3.23. The molecule has 3 rings (SSSR count). The summed E-state index contributed by atoms with van der Waals surface area (Å²) in [4.78, 5) is 23.6. The number of halogens is 1. The van der Waals surface area contributed by atoms with E-state index in [0.717, 1.165) is 10.8 Å². The largest absolute Gasteiger partial charge is 0.378 e. The fraction of sp³-hybridized carbons (Fsp3) is 0.133. The molecule has 0 bridgehead atoms. The number of hydrogen-bond donors (Lipinski definition) is 1. The molecule has 0 amide bonds. The van der Waals surface area contributed by atoms with E-state index in [9.17, 15) is 4.79 Å². The van der Waals surface area contributed by atoms with E-state index in [4.69, 9.17) is 4.74 Å². The zero-order valence-corrected chi connectivity index (χ0v) is 12.8. The van der Waals surface area contributed by atoms with Gasteiger partial charge < -0.3 is 9.72 Å². The highest BCUT2D eigenvalue weighted by Crippen LogP contribution is 2.24. The lowest BCUT2D eigenvalue weighted by Crippen LogP contribution is -2.14. The van der Waals surface area contributed by atoms with Crippen LogP contribution in [0.5, 0.6) is 0 Å². The monoisotopic (exact) mass is 345 g/mol. The van der Waals surface area contributed by atoms with Gasteiger partial charge in [0.15, 0.2) is 5.82 Å². The summed E-state index contributed by atoms with van der Waals surface area (Å²) in [6.07, 6.45) is 1.70. The van der Waals surface area contributed by atoms with Gasteiger partial charge in [0, 0.05) is 18.7 Å². The number of ether oxygens (including phenoxy) is 1. The molecule has 0 aliphatic carbocycles. The first-order chi connectivity index (χ1) is 10.2. The third-order valence-corrected chi connectivity index (χ3v) is 3.93. The van der Waals surface area contributed by atoms with Crippen molar-refractivity contribution in [2.45, 2.75) is 6.61 Å². The molecule has 5 nitrogen and oxygen atoms in total. The van der Waals surface area contributed by atoms with Crippen LogP contribution in [0.4, 0.5) is 0 Å².